The van der Waals surface area contributed by atoms with Crippen molar-refractivity contribution in [2.45, 2.75) is 19.8 Å². The van der Waals surface area contributed by atoms with Gasteiger partial charge in [-0.25, -0.2) is 4.98 Å². The molecule has 0 spiro atoms. The number of pyridine rings is 1. The minimum atomic E-state index is 0.368. The second-order valence-electron chi connectivity index (χ2n) is 4.10. The molecule has 0 aliphatic heterocycles. The van der Waals surface area contributed by atoms with Gasteiger partial charge in [-0.05, 0) is 18.1 Å². The summed E-state index contributed by atoms with van der Waals surface area (Å²) in [5, 5.41) is 4.98. The van der Waals surface area contributed by atoms with E-state index in [4.69, 9.17) is 11.6 Å². The maximum absolute atomic E-state index is 6.10. The molecule has 3 nitrogen and oxygen atoms in total. The van der Waals surface area contributed by atoms with Crippen molar-refractivity contribution in [2.75, 3.05) is 0 Å². The molecule has 0 aliphatic carbocycles. The summed E-state index contributed by atoms with van der Waals surface area (Å²) in [6.07, 6.45) is 3.68. The largest absolute Gasteiger partial charge is 0.275 e. The number of rotatable bonds is 2. The van der Waals surface area contributed by atoms with Crippen molar-refractivity contribution in [3.8, 4) is 11.1 Å². The standard InChI is InChI=1S/C12H14ClN3/c1-8(2)11-10(7-16(3)15-11)9-5-4-6-14-12(9)13/h4-8H,1-3H3. The molecule has 0 saturated carbocycles. The molecule has 4 heteroatoms. The Morgan fingerprint density at radius 1 is 1.31 bits per heavy atom. The molecule has 84 valence electrons. The van der Waals surface area contributed by atoms with Crippen LogP contribution in [0.3, 0.4) is 0 Å². The smallest absolute Gasteiger partial charge is 0.136 e. The van der Waals surface area contributed by atoms with Gasteiger partial charge in [-0.3, -0.25) is 4.68 Å². The van der Waals surface area contributed by atoms with Crippen molar-refractivity contribution in [1.82, 2.24) is 14.8 Å². The third-order valence-corrected chi connectivity index (χ3v) is 2.75. The fourth-order valence-corrected chi connectivity index (χ4v) is 1.95. The van der Waals surface area contributed by atoms with E-state index in [-0.39, 0.29) is 0 Å². The van der Waals surface area contributed by atoms with Crippen LogP contribution in [0.2, 0.25) is 5.15 Å². The van der Waals surface area contributed by atoms with Crippen LogP contribution in [0.25, 0.3) is 11.1 Å². The van der Waals surface area contributed by atoms with Crippen molar-refractivity contribution in [2.24, 2.45) is 7.05 Å². The quantitative estimate of drug-likeness (QED) is 0.748. The lowest BCUT2D eigenvalue weighted by molar-refractivity contribution is 0.713. The van der Waals surface area contributed by atoms with Crippen LogP contribution in [0, 0.1) is 0 Å². The zero-order chi connectivity index (χ0) is 11.7. The van der Waals surface area contributed by atoms with Crippen LogP contribution in [0.1, 0.15) is 25.5 Å². The van der Waals surface area contributed by atoms with Gasteiger partial charge < -0.3 is 0 Å². The first-order valence-electron chi connectivity index (χ1n) is 5.24. The second-order valence-corrected chi connectivity index (χ2v) is 4.46. The number of nitrogens with zero attached hydrogens (tertiary/aromatic N) is 3. The molecule has 0 aliphatic rings. The fraction of sp³-hybridized carbons (Fsp3) is 0.333. The second kappa shape index (κ2) is 4.26. The molecule has 16 heavy (non-hydrogen) atoms. The Bertz CT molecular complexity index is 503. The minimum Gasteiger partial charge on any atom is -0.275 e. The van der Waals surface area contributed by atoms with E-state index in [1.807, 2.05) is 30.1 Å². The third kappa shape index (κ3) is 1.95. The average Bonchev–Trinajstić information content (AvgIpc) is 2.61. The molecule has 2 rings (SSSR count). The lowest BCUT2D eigenvalue weighted by Gasteiger charge is -2.05. The van der Waals surface area contributed by atoms with Gasteiger partial charge in [0.1, 0.15) is 5.15 Å². The third-order valence-electron chi connectivity index (χ3n) is 2.45. The van der Waals surface area contributed by atoms with Gasteiger partial charge in [0, 0.05) is 30.6 Å². The summed E-state index contributed by atoms with van der Waals surface area (Å²) >= 11 is 6.10. The van der Waals surface area contributed by atoms with Gasteiger partial charge >= 0.3 is 0 Å². The molecule has 0 fully saturated rings. The van der Waals surface area contributed by atoms with E-state index in [9.17, 15) is 0 Å². The van der Waals surface area contributed by atoms with Crippen LogP contribution in [-0.4, -0.2) is 14.8 Å². The van der Waals surface area contributed by atoms with Gasteiger partial charge in [0.25, 0.3) is 0 Å². The van der Waals surface area contributed by atoms with E-state index in [1.54, 1.807) is 6.20 Å². The highest BCUT2D eigenvalue weighted by atomic mass is 35.5. The summed E-state index contributed by atoms with van der Waals surface area (Å²) < 4.78 is 1.81. The molecular formula is C12H14ClN3. The molecule has 0 aromatic carbocycles. The van der Waals surface area contributed by atoms with Crippen LogP contribution in [-0.2, 0) is 7.05 Å². The Labute approximate surface area is 100 Å². The Balaban J connectivity index is 2.60. The first-order chi connectivity index (χ1) is 7.59. The number of hydrogen-bond acceptors (Lipinski definition) is 2. The summed E-state index contributed by atoms with van der Waals surface area (Å²) in [7, 11) is 1.92. The zero-order valence-corrected chi connectivity index (χ0v) is 10.4. The molecule has 0 radical (unpaired) electrons. The van der Waals surface area contributed by atoms with Crippen molar-refractivity contribution in [3.63, 3.8) is 0 Å². The highest BCUT2D eigenvalue weighted by Gasteiger charge is 2.15. The number of aromatic nitrogens is 3. The summed E-state index contributed by atoms with van der Waals surface area (Å²) in [5.41, 5.74) is 3.06. The molecule has 0 N–H and O–H groups in total. The molecule has 0 amide bonds. The maximum atomic E-state index is 6.10. The molecular weight excluding hydrogens is 222 g/mol. The number of aryl methyl sites for hydroxylation is 1. The highest BCUT2D eigenvalue weighted by Crippen LogP contribution is 2.31. The predicted molar refractivity (Wildman–Crippen MR) is 65.5 cm³/mol. The molecule has 0 atom stereocenters. The monoisotopic (exact) mass is 235 g/mol. The van der Waals surface area contributed by atoms with Gasteiger partial charge in [-0.1, -0.05) is 25.4 Å². The van der Waals surface area contributed by atoms with Crippen LogP contribution in [0.15, 0.2) is 24.5 Å². The van der Waals surface area contributed by atoms with E-state index in [0.29, 0.717) is 11.1 Å². The average molecular weight is 236 g/mol. The maximum Gasteiger partial charge on any atom is 0.136 e. The number of hydrogen-bond donors (Lipinski definition) is 0. The van der Waals surface area contributed by atoms with Crippen LogP contribution >= 0.6 is 11.6 Å². The fourth-order valence-electron chi connectivity index (χ4n) is 1.73. The van der Waals surface area contributed by atoms with Gasteiger partial charge in [0.15, 0.2) is 0 Å². The van der Waals surface area contributed by atoms with Gasteiger partial charge in [0.05, 0.1) is 5.69 Å². The van der Waals surface area contributed by atoms with Crippen molar-refractivity contribution < 1.29 is 0 Å². The Hall–Kier alpha value is -1.35. The summed E-state index contributed by atoms with van der Waals surface area (Å²) in [5.74, 6) is 0.368. The highest BCUT2D eigenvalue weighted by molar-refractivity contribution is 6.32. The Morgan fingerprint density at radius 2 is 2.06 bits per heavy atom. The Morgan fingerprint density at radius 3 is 2.69 bits per heavy atom. The molecule has 2 aromatic rings. The number of halogens is 1. The molecule has 2 heterocycles. The zero-order valence-electron chi connectivity index (χ0n) is 9.61. The van der Waals surface area contributed by atoms with E-state index < -0.39 is 0 Å². The van der Waals surface area contributed by atoms with Crippen LogP contribution in [0.5, 0.6) is 0 Å². The lowest BCUT2D eigenvalue weighted by atomic mass is 10.0. The van der Waals surface area contributed by atoms with E-state index >= 15 is 0 Å². The summed E-state index contributed by atoms with van der Waals surface area (Å²) in [6.45, 7) is 4.24. The molecule has 0 saturated heterocycles. The van der Waals surface area contributed by atoms with Crippen molar-refractivity contribution >= 4 is 11.6 Å². The molecule has 2 aromatic heterocycles. The Kier molecular flexibility index (Phi) is 2.97. The molecule has 0 bridgehead atoms. The summed E-state index contributed by atoms with van der Waals surface area (Å²) in [6, 6.07) is 3.86. The van der Waals surface area contributed by atoms with Crippen molar-refractivity contribution in [3.05, 3.63) is 35.4 Å². The lowest BCUT2D eigenvalue weighted by Crippen LogP contribution is -1.94. The normalized spacial score (nSPS) is 11.1. The van der Waals surface area contributed by atoms with Crippen LogP contribution < -0.4 is 0 Å². The summed E-state index contributed by atoms with van der Waals surface area (Å²) in [4.78, 5) is 4.09. The predicted octanol–water partition coefficient (Wildman–Crippen LogP) is 3.26. The van der Waals surface area contributed by atoms with E-state index in [0.717, 1.165) is 16.8 Å². The topological polar surface area (TPSA) is 30.7 Å². The van der Waals surface area contributed by atoms with E-state index in [1.165, 1.54) is 0 Å². The first kappa shape index (κ1) is 11.1. The minimum absolute atomic E-state index is 0.368. The van der Waals surface area contributed by atoms with Gasteiger partial charge in [-0.2, -0.15) is 5.10 Å². The van der Waals surface area contributed by atoms with E-state index in [2.05, 4.69) is 23.9 Å². The van der Waals surface area contributed by atoms with Gasteiger partial charge in [-0.15, -0.1) is 0 Å². The molecule has 0 unspecified atom stereocenters. The van der Waals surface area contributed by atoms with Crippen molar-refractivity contribution in [1.29, 1.82) is 0 Å². The SMILES string of the molecule is CC(C)c1nn(C)cc1-c1cccnc1Cl. The van der Waals surface area contributed by atoms with Gasteiger partial charge in [0.2, 0.25) is 0 Å². The first-order valence-corrected chi connectivity index (χ1v) is 5.62. The van der Waals surface area contributed by atoms with Crippen LogP contribution in [0.4, 0.5) is 0 Å².